The molecule has 1 heterocycles. The van der Waals surface area contributed by atoms with E-state index in [1.807, 2.05) is 36.8 Å². The van der Waals surface area contributed by atoms with Gasteiger partial charge < -0.3 is 15.2 Å². The first-order valence-corrected chi connectivity index (χ1v) is 8.44. The maximum atomic E-state index is 12.9. The zero-order valence-electron chi connectivity index (χ0n) is 14.7. The number of amides is 2. The summed E-state index contributed by atoms with van der Waals surface area (Å²) in [5.74, 6) is 0.0499. The predicted molar refractivity (Wildman–Crippen MR) is 101 cm³/mol. The number of carbonyl (C=O) groups is 1. The molecule has 5 nitrogen and oxygen atoms in total. The third-order valence-electron chi connectivity index (χ3n) is 4.09. The Morgan fingerprint density at radius 2 is 1.58 bits per heavy atom. The van der Waals surface area contributed by atoms with E-state index in [1.165, 1.54) is 24.3 Å². The van der Waals surface area contributed by atoms with Gasteiger partial charge >= 0.3 is 6.03 Å². The smallest absolute Gasteiger partial charge is 0.323 e. The molecule has 1 aromatic heterocycles. The van der Waals surface area contributed by atoms with Crippen molar-refractivity contribution in [2.45, 2.75) is 19.9 Å². The van der Waals surface area contributed by atoms with Crippen molar-refractivity contribution in [2.24, 2.45) is 5.92 Å². The van der Waals surface area contributed by atoms with Gasteiger partial charge in [0.25, 0.3) is 0 Å². The average molecular weight is 352 g/mol. The molecule has 0 fully saturated rings. The lowest BCUT2D eigenvalue weighted by molar-refractivity contribution is 0.262. The van der Waals surface area contributed by atoms with E-state index in [-0.39, 0.29) is 17.9 Å². The van der Waals surface area contributed by atoms with Crippen molar-refractivity contribution in [1.82, 2.24) is 9.55 Å². The van der Waals surface area contributed by atoms with Crippen LogP contribution >= 0.6 is 0 Å². The molecule has 0 bridgehead atoms. The second kappa shape index (κ2) is 7.82. The van der Waals surface area contributed by atoms with Crippen LogP contribution in [-0.2, 0) is 0 Å². The van der Waals surface area contributed by atoms with Crippen LogP contribution < -0.4 is 10.6 Å². The molecule has 0 aliphatic heterocycles. The van der Waals surface area contributed by atoms with E-state index in [1.54, 1.807) is 6.20 Å². The monoisotopic (exact) mass is 352 g/mol. The van der Waals surface area contributed by atoms with Crippen molar-refractivity contribution in [3.05, 3.63) is 78.6 Å². The number of nitrogens with zero attached hydrogens (tertiary/aromatic N) is 2. The van der Waals surface area contributed by atoms with Crippen LogP contribution in [-0.4, -0.2) is 15.6 Å². The van der Waals surface area contributed by atoms with E-state index in [9.17, 15) is 9.18 Å². The van der Waals surface area contributed by atoms with Gasteiger partial charge in [-0.05, 0) is 47.9 Å². The Bertz CT molecular complexity index is 843. The SMILES string of the molecule is CC(C)C(c1ccc(NC(=O)Nc2ccc(F)cc2)cc1)n1ccnc1. The number of hydrogen-bond acceptors (Lipinski definition) is 2. The fourth-order valence-electron chi connectivity index (χ4n) is 2.93. The lowest BCUT2D eigenvalue weighted by Gasteiger charge is -2.23. The highest BCUT2D eigenvalue weighted by Crippen LogP contribution is 2.27. The Labute approximate surface area is 151 Å². The quantitative estimate of drug-likeness (QED) is 0.685. The number of carbonyl (C=O) groups excluding carboxylic acids is 1. The van der Waals surface area contributed by atoms with Gasteiger partial charge in [0, 0.05) is 23.8 Å². The van der Waals surface area contributed by atoms with Crippen molar-refractivity contribution in [1.29, 1.82) is 0 Å². The Hall–Kier alpha value is -3.15. The number of nitrogens with one attached hydrogen (secondary N) is 2. The van der Waals surface area contributed by atoms with E-state index in [0.717, 1.165) is 5.56 Å². The summed E-state index contributed by atoms with van der Waals surface area (Å²) >= 11 is 0. The van der Waals surface area contributed by atoms with Gasteiger partial charge in [-0.15, -0.1) is 0 Å². The van der Waals surface area contributed by atoms with Crippen molar-refractivity contribution >= 4 is 17.4 Å². The van der Waals surface area contributed by atoms with Gasteiger partial charge in [-0.25, -0.2) is 14.2 Å². The average Bonchev–Trinajstić information content (AvgIpc) is 3.12. The molecule has 2 aromatic carbocycles. The number of aromatic nitrogens is 2. The number of anilines is 2. The molecule has 2 amide bonds. The lowest BCUT2D eigenvalue weighted by Crippen LogP contribution is -2.19. The van der Waals surface area contributed by atoms with Crippen LogP contribution in [0.4, 0.5) is 20.6 Å². The second-order valence-corrected chi connectivity index (χ2v) is 6.41. The molecule has 1 unspecified atom stereocenters. The van der Waals surface area contributed by atoms with Gasteiger partial charge in [-0.2, -0.15) is 0 Å². The van der Waals surface area contributed by atoms with Gasteiger partial charge in [-0.1, -0.05) is 26.0 Å². The highest BCUT2D eigenvalue weighted by molar-refractivity contribution is 5.99. The van der Waals surface area contributed by atoms with Gasteiger partial charge in [-0.3, -0.25) is 0 Å². The summed E-state index contributed by atoms with van der Waals surface area (Å²) in [6.45, 7) is 4.32. The van der Waals surface area contributed by atoms with Crippen LogP contribution in [0.5, 0.6) is 0 Å². The molecule has 0 saturated carbocycles. The van der Waals surface area contributed by atoms with E-state index < -0.39 is 0 Å². The number of rotatable bonds is 5. The summed E-state index contributed by atoms with van der Waals surface area (Å²) in [5, 5.41) is 5.44. The van der Waals surface area contributed by atoms with Crippen molar-refractivity contribution in [3.63, 3.8) is 0 Å². The normalized spacial score (nSPS) is 12.0. The Balaban J connectivity index is 1.67. The van der Waals surface area contributed by atoms with Gasteiger partial charge in [0.05, 0.1) is 12.4 Å². The van der Waals surface area contributed by atoms with E-state index in [4.69, 9.17) is 0 Å². The maximum Gasteiger partial charge on any atom is 0.323 e. The first kappa shape index (κ1) is 17.7. The van der Waals surface area contributed by atoms with Crippen molar-refractivity contribution in [2.75, 3.05) is 10.6 Å². The number of hydrogen-bond donors (Lipinski definition) is 2. The second-order valence-electron chi connectivity index (χ2n) is 6.41. The Kier molecular flexibility index (Phi) is 5.31. The molecule has 0 aliphatic carbocycles. The van der Waals surface area contributed by atoms with E-state index in [2.05, 4.69) is 34.0 Å². The molecule has 0 saturated heterocycles. The Morgan fingerprint density at radius 3 is 2.08 bits per heavy atom. The standard InChI is InChI=1S/C20H21FN4O/c1-14(2)19(25-12-11-22-13-25)15-3-7-17(8-4-15)23-20(26)24-18-9-5-16(21)6-10-18/h3-14,19H,1-2H3,(H2,23,24,26). The predicted octanol–water partition coefficient (Wildman–Crippen LogP) is 4.91. The fraction of sp³-hybridized carbons (Fsp3) is 0.200. The van der Waals surface area contributed by atoms with E-state index in [0.29, 0.717) is 17.3 Å². The minimum atomic E-state index is -0.376. The molecule has 26 heavy (non-hydrogen) atoms. The summed E-state index contributed by atoms with van der Waals surface area (Å²) in [6, 6.07) is 13.2. The molecule has 2 N–H and O–H groups in total. The molecule has 134 valence electrons. The zero-order chi connectivity index (χ0) is 18.5. The summed E-state index contributed by atoms with van der Waals surface area (Å²) < 4.78 is 15.0. The Morgan fingerprint density at radius 1 is 1.00 bits per heavy atom. The fourth-order valence-corrected chi connectivity index (χ4v) is 2.93. The minimum absolute atomic E-state index is 0.180. The van der Waals surface area contributed by atoms with Crippen LogP contribution in [0.2, 0.25) is 0 Å². The zero-order valence-corrected chi connectivity index (χ0v) is 14.7. The number of halogens is 1. The summed E-state index contributed by atoms with van der Waals surface area (Å²) in [6.07, 6.45) is 5.53. The molecule has 0 spiro atoms. The molecule has 1 atom stereocenters. The third-order valence-corrected chi connectivity index (χ3v) is 4.09. The first-order chi connectivity index (χ1) is 12.5. The molecular formula is C20H21FN4O. The van der Waals surface area contributed by atoms with Crippen molar-refractivity contribution < 1.29 is 9.18 Å². The molecule has 0 aliphatic rings. The van der Waals surface area contributed by atoms with E-state index >= 15 is 0 Å². The topological polar surface area (TPSA) is 59.0 Å². The minimum Gasteiger partial charge on any atom is -0.330 e. The van der Waals surface area contributed by atoms with Crippen LogP contribution in [0.25, 0.3) is 0 Å². The van der Waals surface area contributed by atoms with Crippen LogP contribution in [0.3, 0.4) is 0 Å². The number of benzene rings is 2. The van der Waals surface area contributed by atoms with Gasteiger partial charge in [0.15, 0.2) is 0 Å². The number of imidazole rings is 1. The first-order valence-electron chi connectivity index (χ1n) is 8.44. The van der Waals surface area contributed by atoms with Crippen LogP contribution in [0, 0.1) is 11.7 Å². The van der Waals surface area contributed by atoms with Gasteiger partial charge in [0.1, 0.15) is 5.82 Å². The maximum absolute atomic E-state index is 12.9. The highest BCUT2D eigenvalue weighted by atomic mass is 19.1. The molecular weight excluding hydrogens is 331 g/mol. The largest absolute Gasteiger partial charge is 0.330 e. The van der Waals surface area contributed by atoms with Gasteiger partial charge in [0.2, 0.25) is 0 Å². The molecule has 6 heteroatoms. The number of urea groups is 1. The molecule has 3 aromatic rings. The molecule has 3 rings (SSSR count). The van der Waals surface area contributed by atoms with Crippen LogP contribution in [0.1, 0.15) is 25.5 Å². The van der Waals surface area contributed by atoms with Crippen molar-refractivity contribution in [3.8, 4) is 0 Å². The highest BCUT2D eigenvalue weighted by Gasteiger charge is 2.17. The summed E-state index contributed by atoms with van der Waals surface area (Å²) in [7, 11) is 0. The summed E-state index contributed by atoms with van der Waals surface area (Å²) in [5.41, 5.74) is 2.35. The lowest BCUT2D eigenvalue weighted by atomic mass is 9.95. The third kappa shape index (κ3) is 4.27. The molecule has 0 radical (unpaired) electrons. The van der Waals surface area contributed by atoms with Crippen LogP contribution in [0.15, 0.2) is 67.3 Å². The summed E-state index contributed by atoms with van der Waals surface area (Å²) in [4.78, 5) is 16.2.